The number of ether oxygens (including phenoxy) is 1. The summed E-state index contributed by atoms with van der Waals surface area (Å²) in [6, 6.07) is 3.84. The molecule has 1 aliphatic carbocycles. The Morgan fingerprint density at radius 2 is 2.20 bits per heavy atom. The van der Waals surface area contributed by atoms with Crippen LogP contribution >= 0.6 is 12.6 Å². The minimum absolute atomic E-state index is 0.329. The first kappa shape index (κ1) is 11.1. The fraction of sp³-hybridized carbons (Fsp3) is 0.667. The molecule has 0 radical (unpaired) electrons. The number of thiol groups is 1. The summed E-state index contributed by atoms with van der Waals surface area (Å²) in [6.07, 6.45) is 6.85. The van der Waals surface area contributed by atoms with Crippen LogP contribution in [0.1, 0.15) is 31.4 Å². The van der Waals surface area contributed by atoms with Gasteiger partial charge in [0.25, 0.3) is 0 Å². The summed E-state index contributed by atoms with van der Waals surface area (Å²) in [5.74, 6) is 1.84. The van der Waals surface area contributed by atoms with Crippen molar-refractivity contribution in [2.45, 2.75) is 32.3 Å². The highest BCUT2D eigenvalue weighted by Crippen LogP contribution is 2.39. The van der Waals surface area contributed by atoms with E-state index in [4.69, 9.17) is 9.15 Å². The number of furan rings is 1. The van der Waals surface area contributed by atoms with Gasteiger partial charge in [0.15, 0.2) is 0 Å². The second-order valence-corrected chi connectivity index (χ2v) is 4.75. The monoisotopic (exact) mass is 226 g/mol. The van der Waals surface area contributed by atoms with E-state index in [0.717, 1.165) is 18.1 Å². The van der Waals surface area contributed by atoms with Gasteiger partial charge in [-0.3, -0.25) is 0 Å². The summed E-state index contributed by atoms with van der Waals surface area (Å²) < 4.78 is 10.9. The molecule has 1 heterocycles. The summed E-state index contributed by atoms with van der Waals surface area (Å²) in [7, 11) is 0. The molecule has 2 rings (SSSR count). The van der Waals surface area contributed by atoms with Crippen LogP contribution in [0.3, 0.4) is 0 Å². The maximum Gasteiger partial charge on any atom is 0.129 e. The van der Waals surface area contributed by atoms with E-state index >= 15 is 0 Å². The summed E-state index contributed by atoms with van der Waals surface area (Å²) in [5, 5.41) is 0. The van der Waals surface area contributed by atoms with Gasteiger partial charge < -0.3 is 9.15 Å². The third-order valence-corrected chi connectivity index (χ3v) is 3.90. The third-order valence-electron chi connectivity index (χ3n) is 3.23. The normalized spacial score (nSPS) is 19.5. The predicted molar refractivity (Wildman–Crippen MR) is 63.1 cm³/mol. The molecule has 84 valence electrons. The lowest BCUT2D eigenvalue weighted by atomic mass is 9.90. The van der Waals surface area contributed by atoms with Gasteiger partial charge in [-0.25, -0.2) is 0 Å². The molecule has 1 aromatic heterocycles. The lowest BCUT2D eigenvalue weighted by Gasteiger charge is -2.26. The van der Waals surface area contributed by atoms with Gasteiger partial charge in [-0.15, -0.1) is 0 Å². The van der Waals surface area contributed by atoms with Crippen LogP contribution in [0.5, 0.6) is 0 Å². The van der Waals surface area contributed by atoms with E-state index in [1.165, 1.54) is 25.7 Å². The fourth-order valence-corrected chi connectivity index (χ4v) is 2.64. The van der Waals surface area contributed by atoms with Gasteiger partial charge >= 0.3 is 0 Å². The molecule has 1 fully saturated rings. The van der Waals surface area contributed by atoms with E-state index in [0.29, 0.717) is 12.0 Å². The van der Waals surface area contributed by atoms with Crippen LogP contribution < -0.4 is 0 Å². The topological polar surface area (TPSA) is 22.4 Å². The lowest BCUT2D eigenvalue weighted by Crippen LogP contribution is -2.25. The van der Waals surface area contributed by atoms with Gasteiger partial charge in [-0.2, -0.15) is 12.6 Å². The van der Waals surface area contributed by atoms with Crippen molar-refractivity contribution in [3.8, 4) is 0 Å². The van der Waals surface area contributed by atoms with E-state index < -0.39 is 0 Å². The van der Waals surface area contributed by atoms with Crippen LogP contribution in [0.25, 0.3) is 0 Å². The van der Waals surface area contributed by atoms with Crippen molar-refractivity contribution in [1.29, 1.82) is 0 Å². The number of hydrogen-bond donors (Lipinski definition) is 1. The molecular formula is C12H18O2S. The summed E-state index contributed by atoms with van der Waals surface area (Å²) in [4.78, 5) is 0. The van der Waals surface area contributed by atoms with E-state index in [2.05, 4.69) is 12.6 Å². The second kappa shape index (κ2) is 5.08. The van der Waals surface area contributed by atoms with Crippen LogP contribution in [0, 0.1) is 5.41 Å². The van der Waals surface area contributed by atoms with E-state index in [9.17, 15) is 0 Å². The highest BCUT2D eigenvalue weighted by Gasteiger charge is 2.32. The molecule has 3 heteroatoms. The average Bonchev–Trinajstić information content (AvgIpc) is 2.89. The van der Waals surface area contributed by atoms with Gasteiger partial charge in [0.2, 0.25) is 0 Å². The molecule has 0 saturated heterocycles. The van der Waals surface area contributed by atoms with Gasteiger partial charge in [0.1, 0.15) is 12.4 Å². The highest BCUT2D eigenvalue weighted by molar-refractivity contribution is 7.80. The summed E-state index contributed by atoms with van der Waals surface area (Å²) in [5.41, 5.74) is 0.329. The smallest absolute Gasteiger partial charge is 0.129 e. The van der Waals surface area contributed by atoms with Crippen molar-refractivity contribution >= 4 is 12.6 Å². The first-order valence-electron chi connectivity index (χ1n) is 5.56. The van der Waals surface area contributed by atoms with Crippen molar-refractivity contribution in [2.75, 3.05) is 12.4 Å². The van der Waals surface area contributed by atoms with Gasteiger partial charge in [0, 0.05) is 5.41 Å². The van der Waals surface area contributed by atoms with Crippen molar-refractivity contribution < 1.29 is 9.15 Å². The van der Waals surface area contributed by atoms with Crippen molar-refractivity contribution in [1.82, 2.24) is 0 Å². The average molecular weight is 226 g/mol. The summed E-state index contributed by atoms with van der Waals surface area (Å²) in [6.45, 7) is 1.40. The number of rotatable bonds is 5. The molecule has 15 heavy (non-hydrogen) atoms. The molecule has 0 atom stereocenters. The first-order valence-corrected chi connectivity index (χ1v) is 6.19. The maximum atomic E-state index is 5.71. The van der Waals surface area contributed by atoms with E-state index in [1.807, 2.05) is 12.1 Å². The van der Waals surface area contributed by atoms with Crippen LogP contribution in [0.15, 0.2) is 22.8 Å². The zero-order valence-corrected chi connectivity index (χ0v) is 9.84. The summed E-state index contributed by atoms with van der Waals surface area (Å²) >= 11 is 4.45. The molecule has 1 saturated carbocycles. The van der Waals surface area contributed by atoms with Crippen molar-refractivity contribution in [2.24, 2.45) is 5.41 Å². The molecule has 0 unspecified atom stereocenters. The largest absolute Gasteiger partial charge is 0.467 e. The maximum absolute atomic E-state index is 5.71. The van der Waals surface area contributed by atoms with Crippen molar-refractivity contribution in [3.05, 3.63) is 24.2 Å². The quantitative estimate of drug-likeness (QED) is 0.778. The lowest BCUT2D eigenvalue weighted by molar-refractivity contribution is 0.0396. The van der Waals surface area contributed by atoms with Crippen LogP contribution in [0.2, 0.25) is 0 Å². The second-order valence-electron chi connectivity index (χ2n) is 4.44. The zero-order valence-electron chi connectivity index (χ0n) is 8.95. The fourth-order valence-electron chi connectivity index (χ4n) is 2.24. The Hall–Kier alpha value is -0.410. The third kappa shape index (κ3) is 2.79. The molecule has 0 aromatic carbocycles. The van der Waals surface area contributed by atoms with Crippen LogP contribution in [-0.4, -0.2) is 12.4 Å². The molecule has 0 spiro atoms. The SMILES string of the molecule is SCC1(COCc2ccco2)CCCC1. The highest BCUT2D eigenvalue weighted by atomic mass is 32.1. The van der Waals surface area contributed by atoms with Gasteiger partial charge in [0.05, 0.1) is 12.9 Å². The van der Waals surface area contributed by atoms with E-state index in [1.54, 1.807) is 6.26 Å². The van der Waals surface area contributed by atoms with Gasteiger partial charge in [-0.05, 0) is 30.7 Å². The Balaban J connectivity index is 1.77. The Morgan fingerprint density at radius 1 is 1.40 bits per heavy atom. The molecule has 0 bridgehead atoms. The van der Waals surface area contributed by atoms with Crippen LogP contribution in [0.4, 0.5) is 0 Å². The Morgan fingerprint density at radius 3 is 2.80 bits per heavy atom. The molecular weight excluding hydrogens is 208 g/mol. The predicted octanol–water partition coefficient (Wildman–Crippen LogP) is 3.29. The Kier molecular flexibility index (Phi) is 3.76. The zero-order chi connectivity index (χ0) is 10.6. The van der Waals surface area contributed by atoms with E-state index in [-0.39, 0.29) is 0 Å². The van der Waals surface area contributed by atoms with Gasteiger partial charge in [-0.1, -0.05) is 12.8 Å². The van der Waals surface area contributed by atoms with Crippen molar-refractivity contribution in [3.63, 3.8) is 0 Å². The molecule has 0 N–H and O–H groups in total. The molecule has 2 nitrogen and oxygen atoms in total. The van der Waals surface area contributed by atoms with Crippen LogP contribution in [-0.2, 0) is 11.3 Å². The number of hydrogen-bond acceptors (Lipinski definition) is 3. The molecule has 0 aliphatic heterocycles. The Labute approximate surface area is 96.4 Å². The molecule has 0 amide bonds. The standard InChI is InChI=1S/C12H18O2S/c15-10-12(5-1-2-6-12)9-13-8-11-4-3-7-14-11/h3-4,7,15H,1-2,5-6,8-10H2. The minimum atomic E-state index is 0.329. The first-order chi connectivity index (χ1) is 7.35. The Bertz CT molecular complexity index is 276. The molecule has 1 aromatic rings. The minimum Gasteiger partial charge on any atom is -0.467 e. The molecule has 1 aliphatic rings.